The van der Waals surface area contributed by atoms with Gasteiger partial charge in [0, 0.05) is 6.07 Å². The van der Waals surface area contributed by atoms with E-state index in [1.54, 1.807) is 30.3 Å². The second-order valence-corrected chi connectivity index (χ2v) is 7.92. The number of ether oxygens (including phenoxy) is 2. The van der Waals surface area contributed by atoms with Crippen LogP contribution in [0.25, 0.3) is 0 Å². The molecule has 0 spiro atoms. The van der Waals surface area contributed by atoms with Gasteiger partial charge in [0.25, 0.3) is 15.9 Å². The average molecular weight is 390 g/mol. The summed E-state index contributed by atoms with van der Waals surface area (Å²) in [6, 6.07) is 11.0. The Hall–Kier alpha value is -2.74. The first kappa shape index (κ1) is 19.0. The van der Waals surface area contributed by atoms with E-state index in [1.165, 1.54) is 19.2 Å². The topological polar surface area (TPSA) is 93.7 Å². The SMILES string of the molecule is CCCC[C@@H]1Oc2ccc(S(=O)(=O)Nc3cccc(OC)c3)cc2NC1=O. The molecule has 3 rings (SSSR count). The summed E-state index contributed by atoms with van der Waals surface area (Å²) in [5.41, 5.74) is 0.730. The predicted octanol–water partition coefficient (Wildman–Crippen LogP) is 3.39. The molecule has 0 saturated carbocycles. The van der Waals surface area contributed by atoms with Crippen LogP contribution in [-0.4, -0.2) is 27.5 Å². The van der Waals surface area contributed by atoms with Gasteiger partial charge in [-0.05, 0) is 43.2 Å². The van der Waals surface area contributed by atoms with E-state index in [0.717, 1.165) is 12.8 Å². The van der Waals surface area contributed by atoms with Gasteiger partial charge in [-0.15, -0.1) is 0 Å². The van der Waals surface area contributed by atoms with Crippen molar-refractivity contribution in [2.45, 2.75) is 37.2 Å². The monoisotopic (exact) mass is 390 g/mol. The molecule has 0 saturated heterocycles. The smallest absolute Gasteiger partial charge is 0.265 e. The molecule has 0 unspecified atom stereocenters. The quantitative estimate of drug-likeness (QED) is 0.756. The minimum atomic E-state index is -3.83. The minimum Gasteiger partial charge on any atom is -0.497 e. The Labute approximate surface area is 158 Å². The lowest BCUT2D eigenvalue weighted by atomic mass is 10.1. The van der Waals surface area contributed by atoms with Crippen LogP contribution in [-0.2, 0) is 14.8 Å². The number of rotatable bonds is 7. The molecule has 2 aromatic rings. The number of hydrogen-bond donors (Lipinski definition) is 2. The van der Waals surface area contributed by atoms with Gasteiger partial charge in [-0.3, -0.25) is 9.52 Å². The van der Waals surface area contributed by atoms with Crippen LogP contribution >= 0.6 is 0 Å². The highest BCUT2D eigenvalue weighted by Crippen LogP contribution is 2.33. The second-order valence-electron chi connectivity index (χ2n) is 6.23. The molecule has 2 aromatic carbocycles. The van der Waals surface area contributed by atoms with Crippen molar-refractivity contribution in [3.05, 3.63) is 42.5 Å². The third-order valence-electron chi connectivity index (χ3n) is 4.22. The summed E-state index contributed by atoms with van der Waals surface area (Å²) in [4.78, 5) is 12.2. The maximum Gasteiger partial charge on any atom is 0.265 e. The first-order valence-electron chi connectivity index (χ1n) is 8.71. The van der Waals surface area contributed by atoms with Crippen molar-refractivity contribution in [2.24, 2.45) is 0 Å². The highest BCUT2D eigenvalue weighted by atomic mass is 32.2. The highest BCUT2D eigenvalue weighted by Gasteiger charge is 2.28. The molecule has 144 valence electrons. The van der Waals surface area contributed by atoms with Crippen molar-refractivity contribution >= 4 is 27.3 Å². The zero-order valence-corrected chi connectivity index (χ0v) is 16.0. The Bertz CT molecular complexity index is 943. The molecule has 0 aromatic heterocycles. The van der Waals surface area contributed by atoms with Crippen LogP contribution in [0.3, 0.4) is 0 Å². The largest absolute Gasteiger partial charge is 0.497 e. The molecule has 0 radical (unpaired) electrons. The van der Waals surface area contributed by atoms with E-state index >= 15 is 0 Å². The van der Waals surface area contributed by atoms with Crippen molar-refractivity contribution < 1.29 is 22.7 Å². The average Bonchev–Trinajstić information content (AvgIpc) is 2.65. The summed E-state index contributed by atoms with van der Waals surface area (Å²) in [7, 11) is -2.32. The molecule has 8 heteroatoms. The Kier molecular flexibility index (Phi) is 5.55. The summed E-state index contributed by atoms with van der Waals surface area (Å²) in [6.45, 7) is 2.04. The molecular weight excluding hydrogens is 368 g/mol. The molecular formula is C19H22N2O5S. The summed E-state index contributed by atoms with van der Waals surface area (Å²) < 4.78 is 38.7. The summed E-state index contributed by atoms with van der Waals surface area (Å²) >= 11 is 0. The number of amides is 1. The highest BCUT2D eigenvalue weighted by molar-refractivity contribution is 7.92. The third-order valence-corrected chi connectivity index (χ3v) is 5.60. The normalized spacial score (nSPS) is 16.1. The lowest BCUT2D eigenvalue weighted by molar-refractivity contribution is -0.123. The summed E-state index contributed by atoms with van der Waals surface area (Å²) in [6.07, 6.45) is 1.92. The number of hydrogen-bond acceptors (Lipinski definition) is 5. The van der Waals surface area contributed by atoms with Crippen LogP contribution in [0.5, 0.6) is 11.5 Å². The summed E-state index contributed by atoms with van der Waals surface area (Å²) in [5, 5.41) is 2.74. The third kappa shape index (κ3) is 4.33. The molecule has 1 heterocycles. The zero-order valence-electron chi connectivity index (χ0n) is 15.2. The molecule has 0 fully saturated rings. The number of anilines is 2. The Balaban J connectivity index is 1.82. The van der Waals surface area contributed by atoms with Crippen molar-refractivity contribution in [3.63, 3.8) is 0 Å². The Morgan fingerprint density at radius 3 is 2.78 bits per heavy atom. The second kappa shape index (κ2) is 7.87. The Morgan fingerprint density at radius 1 is 1.22 bits per heavy atom. The lowest BCUT2D eigenvalue weighted by Gasteiger charge is -2.26. The number of carbonyl (C=O) groups is 1. The van der Waals surface area contributed by atoms with Crippen molar-refractivity contribution in [1.29, 1.82) is 0 Å². The number of benzene rings is 2. The Morgan fingerprint density at radius 2 is 2.04 bits per heavy atom. The zero-order chi connectivity index (χ0) is 19.4. The van der Waals surface area contributed by atoms with Crippen LogP contribution in [0.4, 0.5) is 11.4 Å². The molecule has 27 heavy (non-hydrogen) atoms. The fourth-order valence-electron chi connectivity index (χ4n) is 2.78. The number of fused-ring (bicyclic) bond motifs is 1. The van der Waals surface area contributed by atoms with Crippen LogP contribution in [0, 0.1) is 0 Å². The first-order chi connectivity index (χ1) is 12.9. The van der Waals surface area contributed by atoms with Gasteiger partial charge in [-0.25, -0.2) is 8.42 Å². The molecule has 1 atom stereocenters. The van der Waals surface area contributed by atoms with Crippen molar-refractivity contribution in [3.8, 4) is 11.5 Å². The molecule has 0 aliphatic carbocycles. The number of nitrogens with one attached hydrogen (secondary N) is 2. The standard InChI is InChI=1S/C19H22N2O5S/c1-3-4-8-18-19(22)20-16-12-15(9-10-17(16)26-18)27(23,24)21-13-6-5-7-14(11-13)25-2/h5-7,9-12,18,21H,3-4,8H2,1-2H3,(H,20,22)/t18-/m0/s1. The molecule has 1 aliphatic heterocycles. The molecule has 1 amide bonds. The van der Waals surface area contributed by atoms with Gasteiger partial charge in [0.05, 0.1) is 23.4 Å². The van der Waals surface area contributed by atoms with Crippen LogP contribution < -0.4 is 19.5 Å². The number of sulfonamides is 1. The molecule has 7 nitrogen and oxygen atoms in total. The van der Waals surface area contributed by atoms with E-state index in [4.69, 9.17) is 9.47 Å². The van der Waals surface area contributed by atoms with E-state index < -0.39 is 16.1 Å². The minimum absolute atomic E-state index is 0.0278. The van der Waals surface area contributed by atoms with E-state index in [0.29, 0.717) is 29.3 Å². The van der Waals surface area contributed by atoms with Crippen molar-refractivity contribution in [2.75, 3.05) is 17.1 Å². The van der Waals surface area contributed by atoms with E-state index in [1.807, 2.05) is 6.92 Å². The van der Waals surface area contributed by atoms with Gasteiger partial charge in [0.15, 0.2) is 6.10 Å². The van der Waals surface area contributed by atoms with E-state index in [2.05, 4.69) is 10.0 Å². The maximum atomic E-state index is 12.7. The number of unbranched alkanes of at least 4 members (excludes halogenated alkanes) is 1. The maximum absolute atomic E-state index is 12.7. The fourth-order valence-corrected chi connectivity index (χ4v) is 3.85. The van der Waals surface area contributed by atoms with Gasteiger partial charge in [-0.2, -0.15) is 0 Å². The molecule has 0 bridgehead atoms. The summed E-state index contributed by atoms with van der Waals surface area (Å²) in [5.74, 6) is 0.752. The lowest BCUT2D eigenvalue weighted by Crippen LogP contribution is -2.37. The number of methoxy groups -OCH3 is 1. The van der Waals surface area contributed by atoms with Gasteiger partial charge in [0.1, 0.15) is 11.5 Å². The molecule has 1 aliphatic rings. The van der Waals surface area contributed by atoms with Crippen LogP contribution in [0.1, 0.15) is 26.2 Å². The van der Waals surface area contributed by atoms with Gasteiger partial charge < -0.3 is 14.8 Å². The van der Waals surface area contributed by atoms with E-state index in [9.17, 15) is 13.2 Å². The predicted molar refractivity (Wildman–Crippen MR) is 103 cm³/mol. The van der Waals surface area contributed by atoms with Gasteiger partial charge in [-0.1, -0.05) is 19.4 Å². The van der Waals surface area contributed by atoms with E-state index in [-0.39, 0.29) is 10.8 Å². The van der Waals surface area contributed by atoms with Gasteiger partial charge >= 0.3 is 0 Å². The van der Waals surface area contributed by atoms with Crippen molar-refractivity contribution in [1.82, 2.24) is 0 Å². The van der Waals surface area contributed by atoms with Crippen LogP contribution in [0.15, 0.2) is 47.4 Å². The van der Waals surface area contributed by atoms with Crippen LogP contribution in [0.2, 0.25) is 0 Å². The fraction of sp³-hybridized carbons (Fsp3) is 0.316. The molecule has 2 N–H and O–H groups in total. The van der Waals surface area contributed by atoms with Gasteiger partial charge in [0.2, 0.25) is 0 Å². The number of carbonyl (C=O) groups excluding carboxylic acids is 1. The first-order valence-corrected chi connectivity index (χ1v) is 10.2.